The summed E-state index contributed by atoms with van der Waals surface area (Å²) in [6, 6.07) is 7.77. The molecule has 0 bridgehead atoms. The predicted octanol–water partition coefficient (Wildman–Crippen LogP) is 3.32. The molecule has 0 N–H and O–H groups in total. The fourth-order valence-corrected chi connectivity index (χ4v) is 2.89. The van der Waals surface area contributed by atoms with Crippen molar-refractivity contribution in [2.75, 3.05) is 19.7 Å². The Balaban J connectivity index is 1.99. The number of ether oxygens (including phenoxy) is 1. The van der Waals surface area contributed by atoms with E-state index in [2.05, 4.69) is 29.5 Å². The van der Waals surface area contributed by atoms with Crippen LogP contribution in [0.1, 0.15) is 36.5 Å². The molecular weight excluding hydrogens is 353 g/mol. The highest BCUT2D eigenvalue weighted by Gasteiger charge is 2.24. The molecule has 1 saturated heterocycles. The fraction of sp³-hybridized carbons (Fsp3) is 0.533. The molecule has 3 nitrogen and oxygen atoms in total. The van der Waals surface area contributed by atoms with E-state index in [-0.39, 0.29) is 12.0 Å². The van der Waals surface area contributed by atoms with Gasteiger partial charge >= 0.3 is 0 Å². The third kappa shape index (κ3) is 4.18. The normalized spacial score (nSPS) is 19.5. The monoisotopic (exact) mass is 373 g/mol. The second kappa shape index (κ2) is 7.24. The minimum absolute atomic E-state index is 0.128. The summed E-state index contributed by atoms with van der Waals surface area (Å²) in [6.45, 7) is 4.47. The minimum Gasteiger partial charge on any atom is -0.376 e. The van der Waals surface area contributed by atoms with E-state index in [4.69, 9.17) is 4.74 Å². The molecule has 1 amide bonds. The number of rotatable bonds is 4. The molecule has 1 aromatic carbocycles. The smallest absolute Gasteiger partial charge is 0.253 e. The molecule has 0 aliphatic carbocycles. The number of carbonyl (C=O) groups is 1. The molecule has 1 heterocycles. The highest BCUT2D eigenvalue weighted by Crippen LogP contribution is 2.17. The molecule has 0 aromatic heterocycles. The van der Waals surface area contributed by atoms with Crippen molar-refractivity contribution in [1.29, 1.82) is 0 Å². The van der Waals surface area contributed by atoms with E-state index in [0.717, 1.165) is 48.1 Å². The zero-order valence-corrected chi connectivity index (χ0v) is 13.4. The maximum atomic E-state index is 12.4. The first-order valence-corrected chi connectivity index (χ1v) is 7.95. The van der Waals surface area contributed by atoms with Gasteiger partial charge in [-0.05, 0) is 60.1 Å². The van der Waals surface area contributed by atoms with Crippen LogP contribution in [0.3, 0.4) is 0 Å². The zero-order valence-electron chi connectivity index (χ0n) is 11.3. The number of hydrogen-bond donors (Lipinski definition) is 0. The van der Waals surface area contributed by atoms with Gasteiger partial charge in [0.15, 0.2) is 0 Å². The SMILES string of the molecule is CCCOC1CCCN(C(=O)c2cccc(I)c2)C1. The number of halogens is 1. The van der Waals surface area contributed by atoms with Crippen molar-refractivity contribution in [3.8, 4) is 0 Å². The second-order valence-electron chi connectivity index (χ2n) is 4.90. The number of amides is 1. The number of nitrogens with zero attached hydrogens (tertiary/aromatic N) is 1. The van der Waals surface area contributed by atoms with Gasteiger partial charge in [-0.3, -0.25) is 4.79 Å². The van der Waals surface area contributed by atoms with Crippen LogP contribution in [-0.4, -0.2) is 36.6 Å². The fourth-order valence-electron chi connectivity index (χ4n) is 2.35. The van der Waals surface area contributed by atoms with Gasteiger partial charge in [0, 0.05) is 28.8 Å². The molecule has 1 aromatic rings. The van der Waals surface area contributed by atoms with Gasteiger partial charge in [-0.1, -0.05) is 13.0 Å². The Labute approximate surface area is 128 Å². The van der Waals surface area contributed by atoms with Gasteiger partial charge < -0.3 is 9.64 Å². The summed E-state index contributed by atoms with van der Waals surface area (Å²) in [7, 11) is 0. The topological polar surface area (TPSA) is 29.5 Å². The third-order valence-corrected chi connectivity index (χ3v) is 3.97. The standard InChI is InChI=1S/C15H20INO2/c1-2-9-19-14-7-4-8-17(11-14)15(18)12-5-3-6-13(16)10-12/h3,5-6,10,14H,2,4,7-9,11H2,1H3. The number of piperidine rings is 1. The zero-order chi connectivity index (χ0) is 13.7. The largest absolute Gasteiger partial charge is 0.376 e. The third-order valence-electron chi connectivity index (χ3n) is 3.29. The molecule has 1 atom stereocenters. The van der Waals surface area contributed by atoms with Gasteiger partial charge in [-0.2, -0.15) is 0 Å². The number of likely N-dealkylation sites (tertiary alicyclic amines) is 1. The van der Waals surface area contributed by atoms with Crippen LogP contribution in [0.15, 0.2) is 24.3 Å². The van der Waals surface area contributed by atoms with Crippen LogP contribution in [0.5, 0.6) is 0 Å². The molecule has 0 saturated carbocycles. The summed E-state index contributed by atoms with van der Waals surface area (Å²) in [6.07, 6.45) is 3.34. The Morgan fingerprint density at radius 2 is 2.37 bits per heavy atom. The molecule has 0 spiro atoms. The molecule has 1 unspecified atom stereocenters. The Kier molecular flexibility index (Phi) is 5.63. The highest BCUT2D eigenvalue weighted by molar-refractivity contribution is 14.1. The van der Waals surface area contributed by atoms with E-state index < -0.39 is 0 Å². The summed E-state index contributed by atoms with van der Waals surface area (Å²) in [5.74, 6) is 0.128. The lowest BCUT2D eigenvalue weighted by Gasteiger charge is -2.32. The van der Waals surface area contributed by atoms with E-state index in [1.165, 1.54) is 0 Å². The van der Waals surface area contributed by atoms with Crippen LogP contribution in [0.25, 0.3) is 0 Å². The maximum absolute atomic E-state index is 12.4. The van der Waals surface area contributed by atoms with Gasteiger partial charge in [0.25, 0.3) is 5.91 Å². The van der Waals surface area contributed by atoms with E-state index in [9.17, 15) is 4.79 Å². The summed E-state index contributed by atoms with van der Waals surface area (Å²) in [4.78, 5) is 14.4. The van der Waals surface area contributed by atoms with Crippen molar-refractivity contribution in [3.63, 3.8) is 0 Å². The predicted molar refractivity (Wildman–Crippen MR) is 84.3 cm³/mol. The average Bonchev–Trinajstić information content (AvgIpc) is 2.44. The van der Waals surface area contributed by atoms with E-state index in [1.54, 1.807) is 0 Å². The van der Waals surface area contributed by atoms with Crippen LogP contribution in [0.4, 0.5) is 0 Å². The first-order chi connectivity index (χ1) is 9.20. The van der Waals surface area contributed by atoms with E-state index in [0.29, 0.717) is 0 Å². The molecule has 1 aliphatic rings. The van der Waals surface area contributed by atoms with Crippen LogP contribution in [-0.2, 0) is 4.74 Å². The van der Waals surface area contributed by atoms with Gasteiger partial charge in [0.1, 0.15) is 0 Å². The van der Waals surface area contributed by atoms with Crippen molar-refractivity contribution in [2.24, 2.45) is 0 Å². The van der Waals surface area contributed by atoms with Gasteiger partial charge in [0.05, 0.1) is 6.10 Å². The van der Waals surface area contributed by atoms with Gasteiger partial charge in [-0.25, -0.2) is 0 Å². The number of benzene rings is 1. The summed E-state index contributed by atoms with van der Waals surface area (Å²) >= 11 is 2.24. The van der Waals surface area contributed by atoms with Crippen molar-refractivity contribution >= 4 is 28.5 Å². The molecule has 2 rings (SSSR count). The first-order valence-electron chi connectivity index (χ1n) is 6.87. The van der Waals surface area contributed by atoms with Crippen LogP contribution in [0, 0.1) is 3.57 Å². The Hall–Kier alpha value is -0.620. The van der Waals surface area contributed by atoms with E-state index >= 15 is 0 Å². The second-order valence-corrected chi connectivity index (χ2v) is 6.14. The quantitative estimate of drug-likeness (QED) is 0.758. The highest BCUT2D eigenvalue weighted by atomic mass is 127. The van der Waals surface area contributed by atoms with Crippen molar-refractivity contribution in [3.05, 3.63) is 33.4 Å². The number of carbonyl (C=O) groups excluding carboxylic acids is 1. The van der Waals surface area contributed by atoms with Gasteiger partial charge in [0.2, 0.25) is 0 Å². The molecule has 1 fully saturated rings. The number of hydrogen-bond acceptors (Lipinski definition) is 2. The Bertz CT molecular complexity index is 436. The molecular formula is C15H20INO2. The first kappa shape index (κ1) is 14.8. The molecule has 4 heteroatoms. The van der Waals surface area contributed by atoms with Crippen LogP contribution < -0.4 is 0 Å². The lowest BCUT2D eigenvalue weighted by Crippen LogP contribution is -2.43. The summed E-state index contributed by atoms with van der Waals surface area (Å²) in [5, 5.41) is 0. The maximum Gasteiger partial charge on any atom is 0.253 e. The van der Waals surface area contributed by atoms with Gasteiger partial charge in [-0.15, -0.1) is 0 Å². The molecule has 0 radical (unpaired) electrons. The Morgan fingerprint density at radius 3 is 3.11 bits per heavy atom. The lowest BCUT2D eigenvalue weighted by molar-refractivity contribution is 0.00211. The molecule has 104 valence electrons. The molecule has 1 aliphatic heterocycles. The van der Waals surface area contributed by atoms with Crippen LogP contribution in [0.2, 0.25) is 0 Å². The van der Waals surface area contributed by atoms with Crippen molar-refractivity contribution < 1.29 is 9.53 Å². The summed E-state index contributed by atoms with van der Waals surface area (Å²) < 4.78 is 6.87. The van der Waals surface area contributed by atoms with E-state index in [1.807, 2.05) is 29.2 Å². The average molecular weight is 373 g/mol. The van der Waals surface area contributed by atoms with Crippen LogP contribution >= 0.6 is 22.6 Å². The van der Waals surface area contributed by atoms with Crippen molar-refractivity contribution in [2.45, 2.75) is 32.3 Å². The summed E-state index contributed by atoms with van der Waals surface area (Å²) in [5.41, 5.74) is 0.781. The minimum atomic E-state index is 0.128. The van der Waals surface area contributed by atoms with Crippen molar-refractivity contribution in [1.82, 2.24) is 4.90 Å². The Morgan fingerprint density at radius 1 is 1.53 bits per heavy atom. The molecule has 19 heavy (non-hydrogen) atoms. The lowest BCUT2D eigenvalue weighted by atomic mass is 10.1.